The summed E-state index contributed by atoms with van der Waals surface area (Å²) in [6.45, 7) is 2.59. The molecule has 1 spiro atoms. The summed E-state index contributed by atoms with van der Waals surface area (Å²) in [5.41, 5.74) is 0.964. The first-order chi connectivity index (χ1) is 8.77. The minimum absolute atomic E-state index is 0.0498. The van der Waals surface area contributed by atoms with Gasteiger partial charge in [0.25, 0.3) is 0 Å². The Morgan fingerprint density at radius 1 is 1.33 bits per heavy atom. The van der Waals surface area contributed by atoms with Gasteiger partial charge in [0.05, 0.1) is 18.8 Å². The normalized spacial score (nSPS) is 26.1. The monoisotopic (exact) mass is 247 g/mol. The van der Waals surface area contributed by atoms with Crippen molar-refractivity contribution in [1.29, 1.82) is 0 Å². The van der Waals surface area contributed by atoms with E-state index in [4.69, 9.17) is 9.47 Å². The van der Waals surface area contributed by atoms with Crippen molar-refractivity contribution < 1.29 is 14.3 Å². The molecule has 3 rings (SSSR count). The van der Waals surface area contributed by atoms with Crippen LogP contribution in [-0.4, -0.2) is 36.3 Å². The number of amides is 1. The first-order valence-corrected chi connectivity index (χ1v) is 6.37. The maximum absolute atomic E-state index is 11.9. The number of likely N-dealkylation sites (tertiary alicyclic amines) is 1. The van der Waals surface area contributed by atoms with Gasteiger partial charge in [0.15, 0.2) is 0 Å². The van der Waals surface area contributed by atoms with Gasteiger partial charge in [-0.3, -0.25) is 0 Å². The number of hydrogen-bond acceptors (Lipinski definition) is 3. The second kappa shape index (κ2) is 4.61. The van der Waals surface area contributed by atoms with Gasteiger partial charge in [-0.25, -0.2) is 4.79 Å². The third-order valence-corrected chi connectivity index (χ3v) is 3.75. The molecule has 2 aliphatic heterocycles. The molecule has 2 saturated heterocycles. The summed E-state index contributed by atoms with van der Waals surface area (Å²) in [5, 5.41) is 0. The first-order valence-electron chi connectivity index (χ1n) is 6.37. The molecule has 4 heteroatoms. The van der Waals surface area contributed by atoms with E-state index in [1.165, 1.54) is 0 Å². The molecular weight excluding hydrogens is 230 g/mol. The maximum Gasteiger partial charge on any atom is 0.410 e. The van der Waals surface area contributed by atoms with E-state index in [2.05, 4.69) is 0 Å². The number of carbonyl (C=O) groups excluding carboxylic acids is 1. The van der Waals surface area contributed by atoms with Crippen LogP contribution in [0.15, 0.2) is 30.3 Å². The van der Waals surface area contributed by atoms with Gasteiger partial charge in [0.1, 0.15) is 6.61 Å². The van der Waals surface area contributed by atoms with Crippen LogP contribution in [0.3, 0.4) is 0 Å². The van der Waals surface area contributed by atoms with E-state index in [-0.39, 0.29) is 11.7 Å². The number of carbonyl (C=O) groups is 1. The van der Waals surface area contributed by atoms with Crippen LogP contribution in [0.1, 0.15) is 18.4 Å². The van der Waals surface area contributed by atoms with Crippen LogP contribution in [0, 0.1) is 0 Å². The summed E-state index contributed by atoms with van der Waals surface area (Å²) in [7, 11) is 0. The smallest absolute Gasteiger partial charge is 0.410 e. The van der Waals surface area contributed by atoms with Gasteiger partial charge in [-0.15, -0.1) is 0 Å². The molecule has 1 atom stereocenters. The summed E-state index contributed by atoms with van der Waals surface area (Å²) in [4.78, 5) is 13.6. The highest BCUT2D eigenvalue weighted by molar-refractivity contribution is 5.68. The van der Waals surface area contributed by atoms with Gasteiger partial charge in [-0.2, -0.15) is 0 Å². The van der Waals surface area contributed by atoms with E-state index in [0.717, 1.165) is 31.6 Å². The molecule has 0 saturated carbocycles. The molecule has 2 aliphatic rings. The van der Waals surface area contributed by atoms with Gasteiger partial charge < -0.3 is 14.4 Å². The van der Waals surface area contributed by atoms with E-state index >= 15 is 0 Å². The molecule has 96 valence electrons. The molecule has 1 aromatic rings. The Morgan fingerprint density at radius 3 is 2.72 bits per heavy atom. The highest BCUT2D eigenvalue weighted by Gasteiger charge is 2.46. The highest BCUT2D eigenvalue weighted by atomic mass is 16.6. The zero-order valence-corrected chi connectivity index (χ0v) is 10.3. The molecule has 1 aromatic carbocycles. The van der Waals surface area contributed by atoms with Gasteiger partial charge in [-0.05, 0) is 12.0 Å². The Labute approximate surface area is 106 Å². The molecule has 0 bridgehead atoms. The first kappa shape index (κ1) is 11.5. The number of ether oxygens (including phenoxy) is 2. The van der Waals surface area contributed by atoms with E-state index in [0.29, 0.717) is 13.2 Å². The number of hydrogen-bond donors (Lipinski definition) is 0. The van der Waals surface area contributed by atoms with Crippen molar-refractivity contribution >= 4 is 6.09 Å². The fraction of sp³-hybridized carbons (Fsp3) is 0.500. The minimum Gasteiger partial charge on any atom is -0.445 e. The van der Waals surface area contributed by atoms with Crippen molar-refractivity contribution in [3.8, 4) is 0 Å². The maximum atomic E-state index is 11.9. The van der Waals surface area contributed by atoms with Crippen molar-refractivity contribution in [2.24, 2.45) is 0 Å². The summed E-state index contributed by atoms with van der Waals surface area (Å²) < 4.78 is 10.9. The Morgan fingerprint density at radius 2 is 2.11 bits per heavy atom. The van der Waals surface area contributed by atoms with Crippen LogP contribution in [0.25, 0.3) is 0 Å². The molecule has 1 amide bonds. The van der Waals surface area contributed by atoms with Gasteiger partial charge in [0, 0.05) is 13.0 Å². The molecule has 0 aliphatic carbocycles. The quantitative estimate of drug-likeness (QED) is 0.804. The fourth-order valence-corrected chi connectivity index (χ4v) is 2.52. The average Bonchev–Trinajstić information content (AvgIpc) is 2.82. The molecule has 0 radical (unpaired) electrons. The Bertz CT molecular complexity index is 428. The summed E-state index contributed by atoms with van der Waals surface area (Å²) >= 11 is 0. The summed E-state index contributed by atoms with van der Waals surface area (Å²) in [6.07, 6.45) is 1.77. The lowest BCUT2D eigenvalue weighted by Gasteiger charge is -2.38. The predicted octanol–water partition coefficient (Wildman–Crippen LogP) is 2.19. The summed E-state index contributed by atoms with van der Waals surface area (Å²) in [6, 6.07) is 9.73. The SMILES string of the molecule is O=C(OCc1ccccc1)N1CC[C@@]2(CCO2)C1. The second-order valence-corrected chi connectivity index (χ2v) is 4.99. The van der Waals surface area contributed by atoms with E-state index in [1.54, 1.807) is 4.90 Å². The van der Waals surface area contributed by atoms with Gasteiger partial charge in [0.2, 0.25) is 0 Å². The molecule has 2 fully saturated rings. The minimum atomic E-state index is -0.230. The van der Waals surface area contributed by atoms with E-state index in [9.17, 15) is 4.79 Å². The number of benzene rings is 1. The lowest BCUT2D eigenvalue weighted by atomic mass is 9.94. The molecule has 0 unspecified atom stereocenters. The molecule has 0 N–H and O–H groups in total. The lowest BCUT2D eigenvalue weighted by molar-refractivity contribution is -0.136. The zero-order chi connectivity index (χ0) is 12.4. The van der Waals surface area contributed by atoms with Crippen LogP contribution < -0.4 is 0 Å². The topological polar surface area (TPSA) is 38.8 Å². The second-order valence-electron chi connectivity index (χ2n) is 4.99. The molecular formula is C14H17NO3. The van der Waals surface area contributed by atoms with Crippen molar-refractivity contribution in [3.63, 3.8) is 0 Å². The zero-order valence-electron chi connectivity index (χ0n) is 10.3. The number of rotatable bonds is 2. The van der Waals surface area contributed by atoms with Crippen LogP contribution >= 0.6 is 0 Å². The van der Waals surface area contributed by atoms with Gasteiger partial charge >= 0.3 is 6.09 Å². The fourth-order valence-electron chi connectivity index (χ4n) is 2.52. The molecule has 0 aromatic heterocycles. The molecule has 4 nitrogen and oxygen atoms in total. The Hall–Kier alpha value is -1.55. The van der Waals surface area contributed by atoms with Crippen molar-refractivity contribution in [3.05, 3.63) is 35.9 Å². The average molecular weight is 247 g/mol. The summed E-state index contributed by atoms with van der Waals surface area (Å²) in [5.74, 6) is 0. The number of nitrogens with zero attached hydrogens (tertiary/aromatic N) is 1. The Balaban J connectivity index is 1.50. The van der Waals surface area contributed by atoms with E-state index < -0.39 is 0 Å². The largest absolute Gasteiger partial charge is 0.445 e. The Kier molecular flexibility index (Phi) is 2.96. The van der Waals surface area contributed by atoms with Crippen molar-refractivity contribution in [2.75, 3.05) is 19.7 Å². The van der Waals surface area contributed by atoms with Crippen molar-refractivity contribution in [2.45, 2.75) is 25.0 Å². The van der Waals surface area contributed by atoms with Crippen LogP contribution in [0.2, 0.25) is 0 Å². The molecule has 2 heterocycles. The highest BCUT2D eigenvalue weighted by Crippen LogP contribution is 2.35. The molecule has 18 heavy (non-hydrogen) atoms. The third kappa shape index (κ3) is 2.20. The lowest BCUT2D eigenvalue weighted by Crippen LogP contribution is -2.46. The predicted molar refractivity (Wildman–Crippen MR) is 66.1 cm³/mol. The van der Waals surface area contributed by atoms with E-state index in [1.807, 2.05) is 30.3 Å². The van der Waals surface area contributed by atoms with Crippen molar-refractivity contribution in [1.82, 2.24) is 4.90 Å². The van der Waals surface area contributed by atoms with Gasteiger partial charge in [-0.1, -0.05) is 30.3 Å². The van der Waals surface area contributed by atoms with Crippen LogP contribution in [0.5, 0.6) is 0 Å². The third-order valence-electron chi connectivity index (χ3n) is 3.75. The van der Waals surface area contributed by atoms with Crippen LogP contribution in [-0.2, 0) is 16.1 Å². The standard InChI is InChI=1S/C14H17NO3/c16-13(17-10-12-4-2-1-3-5-12)15-8-6-14(11-15)7-9-18-14/h1-5H,6-11H2/t14-/m1/s1. The van der Waals surface area contributed by atoms with Crippen LogP contribution in [0.4, 0.5) is 4.79 Å².